The van der Waals surface area contributed by atoms with Gasteiger partial charge in [-0.3, -0.25) is 14.4 Å². The van der Waals surface area contributed by atoms with Crippen LogP contribution in [0.25, 0.3) is 0 Å². The van der Waals surface area contributed by atoms with Crippen LogP contribution in [-0.2, 0) is 19.2 Å². The van der Waals surface area contributed by atoms with Crippen LogP contribution >= 0.6 is 0 Å². The monoisotopic (exact) mass is 216 g/mol. The minimum atomic E-state index is -0.610. The molecule has 0 unspecified atom stereocenters. The van der Waals surface area contributed by atoms with Gasteiger partial charge in [-0.2, -0.15) is 0 Å². The van der Waals surface area contributed by atoms with Gasteiger partial charge in [0.1, 0.15) is 19.3 Å². The summed E-state index contributed by atoms with van der Waals surface area (Å²) in [5, 5.41) is 2.50. The van der Waals surface area contributed by atoms with Crippen LogP contribution in [0.3, 0.4) is 0 Å². The molecular formula is C9H16N2O4. The SMILES string of the molecule is CC(C)(C)OCC(=O)N[C@@H]1CONC1=O. The smallest absolute Gasteiger partial charge is 0.268 e. The van der Waals surface area contributed by atoms with Gasteiger partial charge in [0.05, 0.1) is 5.60 Å². The number of ether oxygens (including phenoxy) is 1. The molecule has 0 spiro atoms. The van der Waals surface area contributed by atoms with Crippen molar-refractivity contribution < 1.29 is 19.2 Å². The maximum Gasteiger partial charge on any atom is 0.268 e. The van der Waals surface area contributed by atoms with Crippen molar-refractivity contribution in [3.63, 3.8) is 0 Å². The fourth-order valence-electron chi connectivity index (χ4n) is 0.968. The first-order chi connectivity index (χ1) is 6.88. The molecule has 1 fully saturated rings. The van der Waals surface area contributed by atoms with Crippen molar-refractivity contribution >= 4 is 11.8 Å². The average molecular weight is 216 g/mol. The number of hydrogen-bond donors (Lipinski definition) is 2. The maximum atomic E-state index is 11.3. The highest BCUT2D eigenvalue weighted by molar-refractivity contribution is 5.88. The second kappa shape index (κ2) is 4.59. The molecular weight excluding hydrogens is 200 g/mol. The maximum absolute atomic E-state index is 11.3. The molecule has 1 aliphatic rings. The fourth-order valence-corrected chi connectivity index (χ4v) is 0.968. The van der Waals surface area contributed by atoms with E-state index < -0.39 is 6.04 Å². The summed E-state index contributed by atoms with van der Waals surface area (Å²) in [6, 6.07) is -0.610. The van der Waals surface area contributed by atoms with E-state index in [4.69, 9.17) is 4.74 Å². The highest BCUT2D eigenvalue weighted by atomic mass is 16.7. The quantitative estimate of drug-likeness (QED) is 0.657. The molecule has 0 aliphatic carbocycles. The van der Waals surface area contributed by atoms with Crippen molar-refractivity contribution in [2.24, 2.45) is 0 Å². The third-order valence-electron chi connectivity index (χ3n) is 1.71. The molecule has 1 heterocycles. The molecule has 1 aliphatic heterocycles. The van der Waals surface area contributed by atoms with Gasteiger partial charge in [-0.05, 0) is 20.8 Å². The van der Waals surface area contributed by atoms with Crippen molar-refractivity contribution in [3.05, 3.63) is 0 Å². The molecule has 1 saturated heterocycles. The fraction of sp³-hybridized carbons (Fsp3) is 0.778. The first-order valence-electron chi connectivity index (χ1n) is 4.73. The van der Waals surface area contributed by atoms with Gasteiger partial charge in [-0.1, -0.05) is 0 Å². The first kappa shape index (κ1) is 11.9. The van der Waals surface area contributed by atoms with Crippen LogP contribution in [0.2, 0.25) is 0 Å². The van der Waals surface area contributed by atoms with Crippen LogP contribution in [0.1, 0.15) is 20.8 Å². The van der Waals surface area contributed by atoms with Crippen LogP contribution in [0.15, 0.2) is 0 Å². The van der Waals surface area contributed by atoms with Crippen molar-refractivity contribution in [1.82, 2.24) is 10.8 Å². The summed E-state index contributed by atoms with van der Waals surface area (Å²) in [4.78, 5) is 27.0. The summed E-state index contributed by atoms with van der Waals surface area (Å²) in [5.41, 5.74) is 1.78. The average Bonchev–Trinajstić information content (AvgIpc) is 2.47. The van der Waals surface area contributed by atoms with Gasteiger partial charge in [0.2, 0.25) is 5.91 Å². The van der Waals surface area contributed by atoms with Crippen molar-refractivity contribution in [3.8, 4) is 0 Å². The van der Waals surface area contributed by atoms with Gasteiger partial charge < -0.3 is 10.1 Å². The van der Waals surface area contributed by atoms with Crippen LogP contribution in [0.4, 0.5) is 0 Å². The van der Waals surface area contributed by atoms with Gasteiger partial charge in [0.25, 0.3) is 5.91 Å². The third kappa shape index (κ3) is 4.26. The second-order valence-electron chi connectivity index (χ2n) is 4.30. The largest absolute Gasteiger partial charge is 0.366 e. The first-order valence-corrected chi connectivity index (χ1v) is 4.73. The van der Waals surface area contributed by atoms with Gasteiger partial charge in [-0.25, -0.2) is 5.48 Å². The minimum Gasteiger partial charge on any atom is -0.366 e. The molecule has 1 atom stereocenters. The zero-order chi connectivity index (χ0) is 11.5. The number of rotatable bonds is 3. The van der Waals surface area contributed by atoms with E-state index in [0.29, 0.717) is 0 Å². The zero-order valence-corrected chi connectivity index (χ0v) is 9.12. The van der Waals surface area contributed by atoms with Gasteiger partial charge in [0.15, 0.2) is 0 Å². The van der Waals surface area contributed by atoms with Gasteiger partial charge >= 0.3 is 0 Å². The number of nitrogens with one attached hydrogen (secondary N) is 2. The molecule has 15 heavy (non-hydrogen) atoms. The molecule has 0 saturated carbocycles. The molecule has 0 radical (unpaired) electrons. The zero-order valence-electron chi connectivity index (χ0n) is 9.12. The van der Waals surface area contributed by atoms with Crippen molar-refractivity contribution in [2.75, 3.05) is 13.2 Å². The van der Waals surface area contributed by atoms with Crippen LogP contribution in [0, 0.1) is 0 Å². The summed E-state index contributed by atoms with van der Waals surface area (Å²) in [5.74, 6) is -0.658. The Hall–Kier alpha value is -1.14. The van der Waals surface area contributed by atoms with Crippen molar-refractivity contribution in [1.29, 1.82) is 0 Å². The van der Waals surface area contributed by atoms with Crippen LogP contribution < -0.4 is 10.8 Å². The number of amides is 2. The van der Waals surface area contributed by atoms with E-state index in [1.807, 2.05) is 20.8 Å². The van der Waals surface area contributed by atoms with E-state index in [9.17, 15) is 9.59 Å². The van der Waals surface area contributed by atoms with E-state index in [2.05, 4.69) is 15.6 Å². The lowest BCUT2D eigenvalue weighted by Gasteiger charge is -2.19. The van der Waals surface area contributed by atoms with E-state index in [1.165, 1.54) is 0 Å². The van der Waals surface area contributed by atoms with E-state index in [-0.39, 0.29) is 30.6 Å². The highest BCUT2D eigenvalue weighted by Crippen LogP contribution is 2.05. The summed E-state index contributed by atoms with van der Waals surface area (Å²) in [6.07, 6.45) is 0. The lowest BCUT2D eigenvalue weighted by atomic mass is 10.2. The molecule has 6 heteroatoms. The molecule has 2 amide bonds. The number of carbonyl (C=O) groups is 2. The highest BCUT2D eigenvalue weighted by Gasteiger charge is 2.27. The normalized spacial score (nSPS) is 21.3. The van der Waals surface area contributed by atoms with Crippen LogP contribution in [-0.4, -0.2) is 36.7 Å². The summed E-state index contributed by atoms with van der Waals surface area (Å²) >= 11 is 0. The molecule has 0 aromatic rings. The molecule has 0 bridgehead atoms. The Morgan fingerprint density at radius 1 is 1.67 bits per heavy atom. The Morgan fingerprint density at radius 3 is 2.80 bits per heavy atom. The van der Waals surface area contributed by atoms with Gasteiger partial charge in [-0.15, -0.1) is 0 Å². The van der Waals surface area contributed by atoms with Gasteiger partial charge in [0, 0.05) is 0 Å². The number of hydroxylamine groups is 1. The molecule has 86 valence electrons. The predicted molar refractivity (Wildman–Crippen MR) is 51.7 cm³/mol. The standard InChI is InChI=1S/C9H16N2O4/c1-9(2,3)14-5-7(12)10-6-4-15-11-8(6)13/h6H,4-5H2,1-3H3,(H,10,12)(H,11,13)/t6-/m1/s1. The number of carbonyl (C=O) groups excluding carboxylic acids is 2. The second-order valence-corrected chi connectivity index (χ2v) is 4.30. The Bertz CT molecular complexity index is 259. The lowest BCUT2D eigenvalue weighted by Crippen LogP contribution is -2.44. The summed E-state index contributed by atoms with van der Waals surface area (Å²) < 4.78 is 5.25. The molecule has 0 aromatic carbocycles. The molecule has 1 rings (SSSR count). The molecule has 6 nitrogen and oxygen atoms in total. The Balaban J connectivity index is 2.27. The van der Waals surface area contributed by atoms with Crippen LogP contribution in [0.5, 0.6) is 0 Å². The summed E-state index contributed by atoms with van der Waals surface area (Å²) in [7, 11) is 0. The van der Waals surface area contributed by atoms with E-state index >= 15 is 0 Å². The van der Waals surface area contributed by atoms with E-state index in [0.717, 1.165) is 0 Å². The Morgan fingerprint density at radius 2 is 2.33 bits per heavy atom. The van der Waals surface area contributed by atoms with Crippen molar-refractivity contribution in [2.45, 2.75) is 32.4 Å². The number of hydrogen-bond acceptors (Lipinski definition) is 4. The van der Waals surface area contributed by atoms with E-state index in [1.54, 1.807) is 0 Å². The minimum absolute atomic E-state index is 0.0622. The Labute approximate surface area is 88.3 Å². The molecule has 0 aromatic heterocycles. The predicted octanol–water partition coefficient (Wildman–Crippen LogP) is -0.652. The third-order valence-corrected chi connectivity index (χ3v) is 1.71. The topological polar surface area (TPSA) is 76.7 Å². The Kier molecular flexibility index (Phi) is 3.65. The summed E-state index contributed by atoms with van der Waals surface area (Å²) in [6.45, 7) is 5.65. The lowest BCUT2D eigenvalue weighted by molar-refractivity contribution is -0.133. The molecule has 2 N–H and O–H groups in total.